The maximum absolute atomic E-state index is 12.3. The Morgan fingerprint density at radius 1 is 1.55 bits per heavy atom. The van der Waals surface area contributed by atoms with E-state index in [-0.39, 0.29) is 31.0 Å². The molecule has 0 fully saturated rings. The first-order valence-electron chi connectivity index (χ1n) is 6.59. The normalized spacial score (nSPS) is 14.0. The van der Waals surface area contributed by atoms with Gasteiger partial charge in [-0.15, -0.1) is 0 Å². The summed E-state index contributed by atoms with van der Waals surface area (Å²) in [6, 6.07) is 8.57. The van der Waals surface area contributed by atoms with Gasteiger partial charge in [0.1, 0.15) is 5.70 Å². The molecule has 0 saturated carbocycles. The molecule has 0 unspecified atom stereocenters. The van der Waals surface area contributed by atoms with Gasteiger partial charge < -0.3 is 20.1 Å². The summed E-state index contributed by atoms with van der Waals surface area (Å²) in [5.41, 5.74) is 1.26. The van der Waals surface area contributed by atoms with Gasteiger partial charge in [-0.3, -0.25) is 4.79 Å². The Kier molecular flexibility index (Phi) is 4.76. The zero-order valence-electron chi connectivity index (χ0n) is 12.0. The maximum Gasteiger partial charge on any atom is 0.337 e. The van der Waals surface area contributed by atoms with Crippen LogP contribution in [-0.2, 0) is 14.3 Å². The third kappa shape index (κ3) is 3.07. The van der Waals surface area contributed by atoms with Gasteiger partial charge in [0.25, 0.3) is 5.91 Å². The number of β-amino-alcohol motifs (C(OH)–C–C–N with tert-alkyl or cyclic N) is 1. The fourth-order valence-corrected chi connectivity index (χ4v) is 2.16. The van der Waals surface area contributed by atoms with Crippen LogP contribution in [0.3, 0.4) is 0 Å². The van der Waals surface area contributed by atoms with Gasteiger partial charge in [0, 0.05) is 12.2 Å². The van der Waals surface area contributed by atoms with Crippen LogP contribution in [0.1, 0.15) is 5.56 Å². The van der Waals surface area contributed by atoms with E-state index >= 15 is 0 Å². The number of methoxy groups -OCH3 is 1. The predicted octanol–water partition coefficient (Wildman–Crippen LogP) is 0.232. The third-order valence-corrected chi connectivity index (χ3v) is 3.21. The highest BCUT2D eigenvalue weighted by Crippen LogP contribution is 2.23. The van der Waals surface area contributed by atoms with Crippen LogP contribution in [0.2, 0.25) is 0 Å². The molecule has 2 N–H and O–H groups in total. The summed E-state index contributed by atoms with van der Waals surface area (Å²) >= 11 is 0. The van der Waals surface area contributed by atoms with Gasteiger partial charge in [0.05, 0.1) is 37.5 Å². The van der Waals surface area contributed by atoms with E-state index < -0.39 is 11.9 Å². The zero-order valence-corrected chi connectivity index (χ0v) is 12.0. The van der Waals surface area contributed by atoms with Crippen LogP contribution in [0.4, 0.5) is 5.69 Å². The van der Waals surface area contributed by atoms with Crippen molar-refractivity contribution >= 4 is 17.6 Å². The van der Waals surface area contributed by atoms with Gasteiger partial charge in [-0.25, -0.2) is 4.79 Å². The number of nitrogens with zero attached hydrogens (tertiary/aromatic N) is 2. The number of ether oxygens (including phenoxy) is 1. The molecule has 2 rings (SSSR count). The molecule has 114 valence electrons. The number of anilines is 1. The molecule has 1 aliphatic heterocycles. The highest BCUT2D eigenvalue weighted by molar-refractivity contribution is 6.08. The molecule has 0 radical (unpaired) electrons. The van der Waals surface area contributed by atoms with Crippen molar-refractivity contribution in [3.63, 3.8) is 0 Å². The third-order valence-electron chi connectivity index (χ3n) is 3.21. The first-order chi connectivity index (χ1) is 10.6. The minimum absolute atomic E-state index is 0.0757. The fourth-order valence-electron chi connectivity index (χ4n) is 2.16. The van der Waals surface area contributed by atoms with Crippen LogP contribution in [0.15, 0.2) is 35.5 Å². The van der Waals surface area contributed by atoms with E-state index in [0.717, 1.165) is 0 Å². The van der Waals surface area contributed by atoms with Crippen molar-refractivity contribution in [3.05, 3.63) is 41.1 Å². The van der Waals surface area contributed by atoms with Crippen molar-refractivity contribution in [1.29, 1.82) is 5.26 Å². The van der Waals surface area contributed by atoms with Crippen molar-refractivity contribution in [2.24, 2.45) is 0 Å². The molecular formula is C15H15N3O4. The Balaban J connectivity index is 2.32. The second kappa shape index (κ2) is 6.74. The van der Waals surface area contributed by atoms with Crippen LogP contribution in [0.5, 0.6) is 0 Å². The van der Waals surface area contributed by atoms with E-state index in [4.69, 9.17) is 15.1 Å². The molecule has 1 amide bonds. The Labute approximate surface area is 127 Å². The summed E-state index contributed by atoms with van der Waals surface area (Å²) in [4.78, 5) is 25.5. The molecule has 22 heavy (non-hydrogen) atoms. The van der Waals surface area contributed by atoms with Crippen LogP contribution in [0, 0.1) is 11.3 Å². The molecule has 0 atom stereocenters. The molecule has 1 aromatic carbocycles. The van der Waals surface area contributed by atoms with E-state index in [1.807, 2.05) is 6.07 Å². The number of carbonyl (C=O) groups excluding carboxylic acids is 2. The topological polar surface area (TPSA) is 103 Å². The van der Waals surface area contributed by atoms with Crippen molar-refractivity contribution in [3.8, 4) is 6.07 Å². The van der Waals surface area contributed by atoms with E-state index in [9.17, 15) is 9.59 Å². The lowest BCUT2D eigenvalue weighted by Gasteiger charge is -2.15. The lowest BCUT2D eigenvalue weighted by atomic mass is 10.2. The number of hydrogen-bond donors (Lipinski definition) is 2. The average Bonchev–Trinajstić information content (AvgIpc) is 2.84. The van der Waals surface area contributed by atoms with E-state index in [1.165, 1.54) is 12.0 Å². The zero-order chi connectivity index (χ0) is 16.1. The van der Waals surface area contributed by atoms with Gasteiger partial charge >= 0.3 is 5.97 Å². The maximum atomic E-state index is 12.3. The number of esters is 1. The molecule has 1 aliphatic rings. The van der Waals surface area contributed by atoms with E-state index in [1.54, 1.807) is 24.3 Å². The highest BCUT2D eigenvalue weighted by Gasteiger charge is 2.34. The minimum Gasteiger partial charge on any atom is -0.466 e. The smallest absolute Gasteiger partial charge is 0.337 e. The number of aliphatic hydroxyl groups excluding tert-OH is 1. The standard InChI is InChI=1S/C15H15N3O4/c1-22-15(21)12-9-18(5-6-19)14(20)13(12)17-11-4-2-3-10(7-11)8-16/h2-4,7,17,19H,5-6,9H2,1H3. The molecule has 1 aromatic rings. The SMILES string of the molecule is COC(=O)C1=C(Nc2cccc(C#N)c2)C(=O)N(CCO)C1. The number of nitriles is 1. The number of amides is 1. The Hall–Kier alpha value is -2.85. The second-order valence-electron chi connectivity index (χ2n) is 4.61. The molecule has 0 saturated heterocycles. The molecule has 7 heteroatoms. The lowest BCUT2D eigenvalue weighted by molar-refractivity contribution is -0.136. The largest absolute Gasteiger partial charge is 0.466 e. The van der Waals surface area contributed by atoms with E-state index in [0.29, 0.717) is 11.3 Å². The summed E-state index contributed by atoms with van der Waals surface area (Å²) in [6.07, 6.45) is 0. The Bertz CT molecular complexity index is 676. The van der Waals surface area contributed by atoms with Gasteiger partial charge in [0.2, 0.25) is 0 Å². The molecule has 0 aliphatic carbocycles. The molecule has 0 aromatic heterocycles. The summed E-state index contributed by atoms with van der Waals surface area (Å²) in [7, 11) is 1.24. The summed E-state index contributed by atoms with van der Waals surface area (Å²) in [5, 5.41) is 20.8. The van der Waals surface area contributed by atoms with Crippen molar-refractivity contribution in [1.82, 2.24) is 4.90 Å². The number of rotatable bonds is 5. The predicted molar refractivity (Wildman–Crippen MR) is 77.5 cm³/mol. The highest BCUT2D eigenvalue weighted by atomic mass is 16.5. The number of benzene rings is 1. The molecule has 7 nitrogen and oxygen atoms in total. The Morgan fingerprint density at radius 2 is 2.32 bits per heavy atom. The summed E-state index contributed by atoms with van der Waals surface area (Å²) in [5.74, 6) is -0.996. The summed E-state index contributed by atoms with van der Waals surface area (Å²) in [6.45, 7) is 0.00642. The molecular weight excluding hydrogens is 286 g/mol. The lowest BCUT2D eigenvalue weighted by Crippen LogP contribution is -2.31. The Morgan fingerprint density at radius 3 is 2.95 bits per heavy atom. The van der Waals surface area contributed by atoms with Crippen LogP contribution in [0.25, 0.3) is 0 Å². The van der Waals surface area contributed by atoms with Crippen molar-refractivity contribution < 1.29 is 19.4 Å². The average molecular weight is 301 g/mol. The quantitative estimate of drug-likeness (QED) is 0.755. The van der Waals surface area contributed by atoms with E-state index in [2.05, 4.69) is 5.32 Å². The molecule has 1 heterocycles. The second-order valence-corrected chi connectivity index (χ2v) is 4.61. The van der Waals surface area contributed by atoms with Crippen molar-refractivity contribution in [2.75, 3.05) is 32.1 Å². The van der Waals surface area contributed by atoms with Crippen LogP contribution >= 0.6 is 0 Å². The van der Waals surface area contributed by atoms with Crippen LogP contribution < -0.4 is 5.32 Å². The molecule has 0 spiro atoms. The first kappa shape index (κ1) is 15.5. The van der Waals surface area contributed by atoms with Gasteiger partial charge in [-0.1, -0.05) is 6.07 Å². The van der Waals surface area contributed by atoms with Crippen LogP contribution in [-0.4, -0.2) is 48.7 Å². The number of hydrogen-bond acceptors (Lipinski definition) is 6. The van der Waals surface area contributed by atoms with Gasteiger partial charge in [-0.2, -0.15) is 5.26 Å². The fraction of sp³-hybridized carbons (Fsp3) is 0.267. The van der Waals surface area contributed by atoms with Gasteiger partial charge in [-0.05, 0) is 18.2 Å². The summed E-state index contributed by atoms with van der Waals surface area (Å²) < 4.78 is 4.69. The number of aliphatic hydroxyl groups is 1. The van der Waals surface area contributed by atoms with Gasteiger partial charge in [0.15, 0.2) is 0 Å². The van der Waals surface area contributed by atoms with Crippen molar-refractivity contribution in [2.45, 2.75) is 0 Å². The first-order valence-corrected chi connectivity index (χ1v) is 6.59. The number of nitrogens with one attached hydrogen (secondary N) is 1. The molecule has 0 bridgehead atoms. The monoisotopic (exact) mass is 301 g/mol. The minimum atomic E-state index is -0.604. The number of carbonyl (C=O) groups is 2.